The van der Waals surface area contributed by atoms with Crippen molar-refractivity contribution in [1.29, 1.82) is 0 Å². The van der Waals surface area contributed by atoms with Gasteiger partial charge in [-0.05, 0) is 111 Å². The van der Waals surface area contributed by atoms with E-state index in [2.05, 4.69) is 92.7 Å². The van der Waals surface area contributed by atoms with Gasteiger partial charge in [-0.3, -0.25) is 9.97 Å². The Kier molecular flexibility index (Phi) is 9.03. The highest BCUT2D eigenvalue weighted by Gasteiger charge is 2.14. The Morgan fingerprint density at radius 2 is 0.607 bits per heavy atom. The van der Waals surface area contributed by atoms with Gasteiger partial charge in [0.25, 0.3) is 0 Å². The molecule has 0 spiro atoms. The molecule has 0 bridgehead atoms. The highest BCUT2D eigenvalue weighted by Crippen LogP contribution is 2.34. The van der Waals surface area contributed by atoms with Crippen molar-refractivity contribution >= 4 is 0 Å². The Balaban J connectivity index is 1.01. The summed E-state index contributed by atoms with van der Waals surface area (Å²) in [6.07, 6.45) is 3.50. The monoisotopic (exact) mass is 724 g/mol. The van der Waals surface area contributed by atoms with Crippen molar-refractivity contribution in [2.75, 3.05) is 0 Å². The summed E-state index contributed by atoms with van der Waals surface area (Å²) in [5, 5.41) is 20.1. The Morgan fingerprint density at radius 1 is 0.250 bits per heavy atom. The molecule has 0 unspecified atom stereocenters. The third kappa shape index (κ3) is 7.22. The molecule has 0 radical (unpaired) electrons. The van der Waals surface area contributed by atoms with E-state index in [9.17, 15) is 10.2 Å². The zero-order valence-corrected chi connectivity index (χ0v) is 29.9. The molecule has 0 aliphatic carbocycles. The number of rotatable bonds is 8. The summed E-state index contributed by atoms with van der Waals surface area (Å²) in [4.78, 5) is 27.4. The van der Waals surface area contributed by atoms with E-state index in [1.54, 1.807) is 36.7 Å². The molecule has 0 saturated heterocycles. The fourth-order valence-corrected chi connectivity index (χ4v) is 6.67. The zero-order valence-electron chi connectivity index (χ0n) is 29.9. The van der Waals surface area contributed by atoms with Crippen LogP contribution in [0, 0.1) is 0 Å². The van der Waals surface area contributed by atoms with Gasteiger partial charge in [0, 0.05) is 24.5 Å². The van der Waals surface area contributed by atoms with Crippen LogP contribution in [0.15, 0.2) is 182 Å². The molecular weight excluding hydrogens is 693 g/mol. The minimum Gasteiger partial charge on any atom is -0.493 e. The van der Waals surface area contributed by atoms with Crippen LogP contribution in [0.1, 0.15) is 0 Å². The van der Waals surface area contributed by atoms with E-state index in [4.69, 9.17) is 9.97 Å². The van der Waals surface area contributed by atoms with Crippen LogP contribution < -0.4 is 0 Å². The average molecular weight is 725 g/mol. The molecule has 0 atom stereocenters. The van der Waals surface area contributed by atoms with Gasteiger partial charge in [0.1, 0.15) is 0 Å². The predicted molar refractivity (Wildman–Crippen MR) is 220 cm³/mol. The van der Waals surface area contributed by atoms with Gasteiger partial charge in [-0.25, -0.2) is 19.9 Å². The molecule has 2 N–H and O–H groups in total. The second-order valence-corrected chi connectivity index (χ2v) is 13.2. The average Bonchev–Trinajstić information content (AvgIpc) is 3.27. The van der Waals surface area contributed by atoms with Crippen molar-refractivity contribution in [2.24, 2.45) is 0 Å². The summed E-state index contributed by atoms with van der Waals surface area (Å²) >= 11 is 0. The first kappa shape index (κ1) is 34.0. The number of benzene rings is 3. The number of aromatic hydroxyl groups is 2. The molecule has 8 heteroatoms. The number of aromatic nitrogens is 6. The van der Waals surface area contributed by atoms with E-state index in [1.807, 2.05) is 72.8 Å². The quantitative estimate of drug-likeness (QED) is 0.159. The summed E-state index contributed by atoms with van der Waals surface area (Å²) in [5.41, 5.74) is 13.8. The van der Waals surface area contributed by atoms with Crippen molar-refractivity contribution in [3.63, 3.8) is 0 Å². The molecule has 0 fully saturated rings. The Morgan fingerprint density at radius 3 is 0.982 bits per heavy atom. The van der Waals surface area contributed by atoms with E-state index in [0.29, 0.717) is 22.8 Å². The first-order chi connectivity index (χ1) is 27.5. The molecule has 0 saturated carbocycles. The van der Waals surface area contributed by atoms with Crippen LogP contribution >= 0.6 is 0 Å². The molecule has 0 amide bonds. The topological polar surface area (TPSA) is 118 Å². The number of nitrogens with zero attached hydrogens (tertiary/aromatic N) is 6. The normalized spacial score (nSPS) is 11.0. The van der Waals surface area contributed by atoms with Crippen LogP contribution in [0.3, 0.4) is 0 Å². The predicted octanol–water partition coefficient (Wildman–Crippen LogP) is 10.8. The lowest BCUT2D eigenvalue weighted by Crippen LogP contribution is -1.94. The number of hydrogen-bond donors (Lipinski definition) is 2. The van der Waals surface area contributed by atoms with Gasteiger partial charge in [-0.2, -0.15) is 0 Å². The lowest BCUT2D eigenvalue weighted by Gasteiger charge is -2.11. The lowest BCUT2D eigenvalue weighted by atomic mass is 9.95. The van der Waals surface area contributed by atoms with Crippen LogP contribution in [0.2, 0.25) is 0 Å². The zero-order chi connectivity index (χ0) is 37.8. The Labute approximate surface area is 323 Å². The fourth-order valence-electron chi connectivity index (χ4n) is 6.67. The minimum absolute atomic E-state index is 0.0571. The van der Waals surface area contributed by atoms with Crippen LogP contribution in [-0.2, 0) is 0 Å². The molecule has 8 nitrogen and oxygen atoms in total. The maximum Gasteiger partial charge on any atom is 0.211 e. The number of hydrogen-bond acceptors (Lipinski definition) is 8. The molecule has 266 valence electrons. The molecule has 0 aliphatic heterocycles. The smallest absolute Gasteiger partial charge is 0.211 e. The summed E-state index contributed by atoms with van der Waals surface area (Å²) in [7, 11) is 0. The van der Waals surface area contributed by atoms with E-state index in [1.165, 1.54) is 0 Å². The van der Waals surface area contributed by atoms with Crippen molar-refractivity contribution in [3.05, 3.63) is 182 Å². The van der Waals surface area contributed by atoms with Crippen molar-refractivity contribution in [2.45, 2.75) is 0 Å². The highest BCUT2D eigenvalue weighted by atomic mass is 16.3. The van der Waals surface area contributed by atoms with Crippen LogP contribution in [-0.4, -0.2) is 40.1 Å². The molecule has 9 aromatic rings. The third-order valence-electron chi connectivity index (χ3n) is 9.46. The molecule has 6 heterocycles. The third-order valence-corrected chi connectivity index (χ3v) is 9.46. The number of pyridine rings is 6. The molecule has 0 aliphatic rings. The van der Waals surface area contributed by atoms with Crippen molar-refractivity contribution < 1.29 is 10.2 Å². The molecule has 56 heavy (non-hydrogen) atoms. The highest BCUT2D eigenvalue weighted by molar-refractivity contribution is 5.80. The Bertz CT molecular complexity index is 2620. The van der Waals surface area contributed by atoms with Crippen LogP contribution in [0.4, 0.5) is 0 Å². The first-order valence-electron chi connectivity index (χ1n) is 18.0. The lowest BCUT2D eigenvalue weighted by molar-refractivity contribution is 0.453. The standard InChI is InChI=1S/C48H32N6O2/c55-47-14-6-12-41(53-47)45-29-37(27-43(51-45)39-10-1-3-24-49-39)33-20-16-31(17-21-33)35-8-5-9-36(26-35)32-18-22-34(23-19-32)38-28-44(40-11-2-4-25-50-40)52-46(30-38)42-13-7-15-48(56)54-42/h1-30H,(H,53,55)(H,54,56). The van der Waals surface area contributed by atoms with Crippen LogP contribution in [0.5, 0.6) is 11.8 Å². The van der Waals surface area contributed by atoms with E-state index in [0.717, 1.165) is 67.3 Å². The van der Waals surface area contributed by atoms with E-state index < -0.39 is 0 Å². The fraction of sp³-hybridized carbons (Fsp3) is 0. The second-order valence-electron chi connectivity index (χ2n) is 13.2. The van der Waals surface area contributed by atoms with Gasteiger partial charge in [-0.15, -0.1) is 0 Å². The SMILES string of the molecule is Oc1cccc(-c2cc(-c3ccc(-c4cccc(-c5ccc(-c6cc(-c7ccccn7)nc(-c7cccc(O)n7)c6)cc5)c4)cc3)cc(-c3ccccn3)n2)n1. The summed E-state index contributed by atoms with van der Waals surface area (Å²) in [6.45, 7) is 0. The summed E-state index contributed by atoms with van der Waals surface area (Å²) in [5.74, 6) is -0.114. The summed E-state index contributed by atoms with van der Waals surface area (Å²) < 4.78 is 0. The minimum atomic E-state index is -0.0571. The van der Waals surface area contributed by atoms with Crippen molar-refractivity contribution in [1.82, 2.24) is 29.9 Å². The Hall–Kier alpha value is -7.84. The molecule has 6 aromatic heterocycles. The van der Waals surface area contributed by atoms with Gasteiger partial charge in [-0.1, -0.05) is 91.0 Å². The van der Waals surface area contributed by atoms with Gasteiger partial charge in [0.2, 0.25) is 11.8 Å². The van der Waals surface area contributed by atoms with E-state index >= 15 is 0 Å². The molecule has 9 rings (SSSR count). The maximum atomic E-state index is 10.1. The molecular formula is C48H32N6O2. The second kappa shape index (κ2) is 14.9. The van der Waals surface area contributed by atoms with Crippen LogP contribution in [0.25, 0.3) is 90.1 Å². The van der Waals surface area contributed by atoms with E-state index in [-0.39, 0.29) is 11.8 Å². The van der Waals surface area contributed by atoms with Gasteiger partial charge in [0.15, 0.2) is 0 Å². The van der Waals surface area contributed by atoms with Gasteiger partial charge < -0.3 is 10.2 Å². The largest absolute Gasteiger partial charge is 0.493 e. The summed E-state index contributed by atoms with van der Waals surface area (Å²) in [6, 6.07) is 55.3. The van der Waals surface area contributed by atoms with Gasteiger partial charge >= 0.3 is 0 Å². The molecule has 3 aromatic carbocycles. The first-order valence-corrected chi connectivity index (χ1v) is 18.0. The van der Waals surface area contributed by atoms with Crippen molar-refractivity contribution in [3.8, 4) is 102 Å². The maximum absolute atomic E-state index is 10.1. The van der Waals surface area contributed by atoms with Gasteiger partial charge in [0.05, 0.1) is 45.6 Å².